The van der Waals surface area contributed by atoms with E-state index < -0.39 is 6.09 Å². The molecule has 1 atom stereocenters. The van der Waals surface area contributed by atoms with Crippen LogP contribution in [0.3, 0.4) is 0 Å². The van der Waals surface area contributed by atoms with Crippen LogP contribution in [0.4, 0.5) is 4.79 Å². The van der Waals surface area contributed by atoms with E-state index in [4.69, 9.17) is 9.94 Å². The van der Waals surface area contributed by atoms with Crippen molar-refractivity contribution in [2.75, 3.05) is 27.2 Å². The van der Waals surface area contributed by atoms with Gasteiger partial charge in [0.2, 0.25) is 5.91 Å². The molecule has 0 aromatic carbocycles. The van der Waals surface area contributed by atoms with Crippen molar-refractivity contribution in [3.63, 3.8) is 0 Å². The Bertz CT molecular complexity index is 317. The normalized spacial score (nSPS) is 23.3. The Kier molecular flexibility index (Phi) is 3.98. The van der Waals surface area contributed by atoms with E-state index in [2.05, 4.69) is 0 Å². The van der Waals surface area contributed by atoms with Gasteiger partial charge in [0.25, 0.3) is 0 Å². The number of carbonyl (C=O) groups excluding carboxylic acids is 1. The molecule has 1 aliphatic rings. The smallest absolute Gasteiger partial charge is 0.407 e. The molecule has 0 spiro atoms. The van der Waals surface area contributed by atoms with E-state index in [0.717, 1.165) is 0 Å². The Morgan fingerprint density at radius 1 is 1.47 bits per heavy atom. The number of nitrogens with zero attached hydrogens (tertiary/aromatic N) is 2. The summed E-state index contributed by atoms with van der Waals surface area (Å²) in [7, 11) is 3.01. The maximum Gasteiger partial charge on any atom is 0.407 e. The van der Waals surface area contributed by atoms with Gasteiger partial charge in [0.15, 0.2) is 0 Å². The van der Waals surface area contributed by atoms with Gasteiger partial charge in [-0.2, -0.15) is 0 Å². The quantitative estimate of drug-likeness (QED) is 0.737. The summed E-state index contributed by atoms with van der Waals surface area (Å²) in [5.74, 6) is -0.300. The summed E-state index contributed by atoms with van der Waals surface area (Å²) in [6.45, 7) is 4.59. The van der Waals surface area contributed by atoms with Gasteiger partial charge in [-0.05, 0) is 11.8 Å². The second-order valence-corrected chi connectivity index (χ2v) is 5.05. The first-order valence-electron chi connectivity index (χ1n) is 5.59. The van der Waals surface area contributed by atoms with Gasteiger partial charge in [0, 0.05) is 26.1 Å². The summed E-state index contributed by atoms with van der Waals surface area (Å²) in [5.41, 5.74) is -0.374. The topological polar surface area (TPSA) is 70.1 Å². The lowest BCUT2D eigenvalue weighted by atomic mass is 9.73. The van der Waals surface area contributed by atoms with Crippen molar-refractivity contribution in [2.45, 2.75) is 20.3 Å². The van der Waals surface area contributed by atoms with Crippen molar-refractivity contribution in [1.29, 1.82) is 0 Å². The van der Waals surface area contributed by atoms with Crippen molar-refractivity contribution in [3.8, 4) is 0 Å². The van der Waals surface area contributed by atoms with E-state index in [9.17, 15) is 9.59 Å². The van der Waals surface area contributed by atoms with Crippen molar-refractivity contribution in [3.05, 3.63) is 0 Å². The highest BCUT2D eigenvalue weighted by Gasteiger charge is 2.42. The molecule has 0 aromatic rings. The van der Waals surface area contributed by atoms with Crippen molar-refractivity contribution < 1.29 is 19.5 Å². The van der Waals surface area contributed by atoms with Crippen LogP contribution in [-0.4, -0.2) is 54.3 Å². The molecule has 6 nitrogen and oxygen atoms in total. The van der Waals surface area contributed by atoms with Gasteiger partial charge in [-0.1, -0.05) is 13.8 Å². The van der Waals surface area contributed by atoms with E-state index in [1.807, 2.05) is 13.8 Å². The van der Waals surface area contributed by atoms with Crippen LogP contribution in [0, 0.1) is 11.3 Å². The predicted octanol–water partition coefficient (Wildman–Crippen LogP) is 1.03. The second-order valence-electron chi connectivity index (χ2n) is 5.05. The van der Waals surface area contributed by atoms with Gasteiger partial charge in [-0.3, -0.25) is 9.63 Å². The number of piperidine rings is 1. The van der Waals surface area contributed by atoms with Crippen LogP contribution in [-0.2, 0) is 9.63 Å². The van der Waals surface area contributed by atoms with E-state index >= 15 is 0 Å². The van der Waals surface area contributed by atoms with Gasteiger partial charge in [-0.25, -0.2) is 9.86 Å². The molecule has 98 valence electrons. The number of carboxylic acid groups (broad SMARTS) is 1. The lowest BCUT2D eigenvalue weighted by Crippen LogP contribution is -2.52. The number of hydrogen-bond acceptors (Lipinski definition) is 3. The summed E-state index contributed by atoms with van der Waals surface area (Å²) in [5, 5.41) is 10.2. The molecule has 1 rings (SSSR count). The Balaban J connectivity index is 2.77. The number of rotatable bonds is 2. The summed E-state index contributed by atoms with van der Waals surface area (Å²) >= 11 is 0. The standard InChI is InChI=1S/C11H20N2O4/c1-11(2)7-13(10(15)16)6-5-8(11)9(14)12(3)17-4/h8H,5-7H2,1-4H3,(H,15,16). The molecule has 0 radical (unpaired) electrons. The van der Waals surface area contributed by atoms with E-state index in [1.54, 1.807) is 7.05 Å². The van der Waals surface area contributed by atoms with E-state index in [0.29, 0.717) is 19.5 Å². The molecule has 0 saturated carbocycles. The van der Waals surface area contributed by atoms with Crippen LogP contribution < -0.4 is 0 Å². The molecule has 1 fully saturated rings. The Morgan fingerprint density at radius 2 is 2.06 bits per heavy atom. The molecule has 0 aromatic heterocycles. The molecule has 0 bridgehead atoms. The lowest BCUT2D eigenvalue weighted by Gasteiger charge is -2.43. The summed E-state index contributed by atoms with van der Waals surface area (Å²) < 4.78 is 0. The first-order valence-corrected chi connectivity index (χ1v) is 5.59. The van der Waals surface area contributed by atoms with Crippen LogP contribution >= 0.6 is 0 Å². The fourth-order valence-corrected chi connectivity index (χ4v) is 2.29. The van der Waals surface area contributed by atoms with Gasteiger partial charge in [-0.15, -0.1) is 0 Å². The molecular formula is C11H20N2O4. The molecule has 2 amide bonds. The third kappa shape index (κ3) is 2.88. The zero-order valence-electron chi connectivity index (χ0n) is 10.8. The molecule has 1 N–H and O–H groups in total. The van der Waals surface area contributed by atoms with Crippen LogP contribution in [0.1, 0.15) is 20.3 Å². The fourth-order valence-electron chi connectivity index (χ4n) is 2.29. The molecule has 1 unspecified atom stereocenters. The molecule has 6 heteroatoms. The van der Waals surface area contributed by atoms with Gasteiger partial charge < -0.3 is 10.0 Å². The minimum Gasteiger partial charge on any atom is -0.465 e. The van der Waals surface area contributed by atoms with Gasteiger partial charge in [0.1, 0.15) is 0 Å². The lowest BCUT2D eigenvalue weighted by molar-refractivity contribution is -0.179. The highest BCUT2D eigenvalue weighted by atomic mass is 16.7. The predicted molar refractivity (Wildman–Crippen MR) is 61.3 cm³/mol. The highest BCUT2D eigenvalue weighted by molar-refractivity contribution is 5.79. The minimum atomic E-state index is -0.927. The zero-order chi connectivity index (χ0) is 13.2. The Morgan fingerprint density at radius 3 is 2.47 bits per heavy atom. The third-order valence-corrected chi connectivity index (χ3v) is 3.38. The summed E-state index contributed by atoms with van der Waals surface area (Å²) in [6.07, 6.45) is -0.393. The van der Waals surface area contributed by atoms with Gasteiger partial charge >= 0.3 is 6.09 Å². The average Bonchev–Trinajstić information content (AvgIpc) is 2.25. The van der Waals surface area contributed by atoms with Crippen molar-refractivity contribution in [1.82, 2.24) is 9.96 Å². The molecule has 0 aliphatic carbocycles. The molecular weight excluding hydrogens is 224 g/mol. The number of carbonyl (C=O) groups is 2. The van der Waals surface area contributed by atoms with Gasteiger partial charge in [0.05, 0.1) is 7.11 Å². The van der Waals surface area contributed by atoms with Crippen LogP contribution in [0.25, 0.3) is 0 Å². The maximum atomic E-state index is 12.1. The van der Waals surface area contributed by atoms with E-state index in [1.165, 1.54) is 17.1 Å². The number of hydroxylamine groups is 2. The molecule has 17 heavy (non-hydrogen) atoms. The Hall–Kier alpha value is -1.30. The van der Waals surface area contributed by atoms with Crippen LogP contribution in [0.5, 0.6) is 0 Å². The first-order chi connectivity index (χ1) is 7.79. The number of likely N-dealkylation sites (tertiary alicyclic amines) is 1. The molecule has 1 heterocycles. The molecule has 1 aliphatic heterocycles. The second kappa shape index (κ2) is 4.91. The SMILES string of the molecule is CON(C)C(=O)C1CCN(C(=O)O)CC1(C)C. The fraction of sp³-hybridized carbons (Fsp3) is 0.818. The average molecular weight is 244 g/mol. The van der Waals surface area contributed by atoms with Crippen molar-refractivity contribution >= 4 is 12.0 Å². The maximum absolute atomic E-state index is 12.1. The van der Waals surface area contributed by atoms with Crippen LogP contribution in [0.15, 0.2) is 0 Å². The number of hydrogen-bond donors (Lipinski definition) is 1. The minimum absolute atomic E-state index is 0.0949. The Labute approximate surface area is 101 Å². The third-order valence-electron chi connectivity index (χ3n) is 3.38. The van der Waals surface area contributed by atoms with E-state index in [-0.39, 0.29) is 17.2 Å². The summed E-state index contributed by atoms with van der Waals surface area (Å²) in [6, 6.07) is 0. The summed E-state index contributed by atoms with van der Waals surface area (Å²) in [4.78, 5) is 29.2. The monoisotopic (exact) mass is 244 g/mol. The van der Waals surface area contributed by atoms with Crippen LogP contribution in [0.2, 0.25) is 0 Å². The first kappa shape index (κ1) is 13.8. The molecule has 1 saturated heterocycles. The van der Waals surface area contributed by atoms with Crippen molar-refractivity contribution in [2.24, 2.45) is 11.3 Å². The largest absolute Gasteiger partial charge is 0.465 e. The zero-order valence-corrected chi connectivity index (χ0v) is 10.8. The highest BCUT2D eigenvalue weighted by Crippen LogP contribution is 2.36. The number of amides is 2.